The number of methoxy groups -OCH3 is 2. The fourth-order valence-electron chi connectivity index (χ4n) is 2.58. The molecule has 0 saturated heterocycles. The summed E-state index contributed by atoms with van der Waals surface area (Å²) in [5.74, 6) is 1.84. The molecule has 0 unspecified atom stereocenters. The maximum atomic E-state index is 9.48. The largest absolute Gasteiger partial charge is 0.497 e. The lowest BCUT2D eigenvalue weighted by Gasteiger charge is -2.08. The molecule has 2 aromatic carbocycles. The van der Waals surface area contributed by atoms with Crippen molar-refractivity contribution in [1.29, 1.82) is 5.26 Å². The maximum Gasteiger partial charge on any atom is 0.209 e. The van der Waals surface area contributed by atoms with Gasteiger partial charge in [0.1, 0.15) is 28.9 Å². The van der Waals surface area contributed by atoms with E-state index < -0.39 is 0 Å². The average molecular weight is 320 g/mol. The number of ether oxygens (including phenoxy) is 2. The first kappa shape index (κ1) is 15.5. The summed E-state index contributed by atoms with van der Waals surface area (Å²) in [6, 6.07) is 17.0. The van der Waals surface area contributed by atoms with Crippen LogP contribution in [0.15, 0.2) is 52.9 Å². The van der Waals surface area contributed by atoms with Crippen molar-refractivity contribution in [2.45, 2.75) is 0 Å². The Hall–Kier alpha value is -3.39. The topological polar surface area (TPSA) is 81.4 Å². The molecule has 3 rings (SSSR count). The predicted molar refractivity (Wildman–Crippen MR) is 91.8 cm³/mol. The van der Waals surface area contributed by atoms with Gasteiger partial charge < -0.3 is 19.6 Å². The maximum absolute atomic E-state index is 9.48. The van der Waals surface area contributed by atoms with Crippen LogP contribution in [0.4, 0.5) is 5.88 Å². The van der Waals surface area contributed by atoms with E-state index in [-0.39, 0.29) is 5.88 Å². The number of nitrogens with two attached hydrogens (primary N) is 1. The fourth-order valence-corrected chi connectivity index (χ4v) is 2.58. The molecule has 0 fully saturated rings. The second-order valence-electron chi connectivity index (χ2n) is 5.12. The van der Waals surface area contributed by atoms with Crippen LogP contribution in [0.25, 0.3) is 22.5 Å². The number of benzene rings is 2. The summed E-state index contributed by atoms with van der Waals surface area (Å²) in [7, 11) is 3.15. The van der Waals surface area contributed by atoms with Gasteiger partial charge in [0.15, 0.2) is 0 Å². The molecule has 5 heteroatoms. The molecule has 24 heavy (non-hydrogen) atoms. The highest BCUT2D eigenvalue weighted by Gasteiger charge is 2.22. The van der Waals surface area contributed by atoms with Crippen LogP contribution in [0.1, 0.15) is 5.56 Å². The van der Waals surface area contributed by atoms with E-state index in [0.717, 1.165) is 11.1 Å². The van der Waals surface area contributed by atoms with Gasteiger partial charge in [0, 0.05) is 17.2 Å². The molecule has 0 atom stereocenters. The van der Waals surface area contributed by atoms with Crippen LogP contribution in [0, 0.1) is 11.3 Å². The number of hydrogen-bond acceptors (Lipinski definition) is 5. The highest BCUT2D eigenvalue weighted by Crippen LogP contribution is 2.42. The van der Waals surface area contributed by atoms with Gasteiger partial charge in [0.25, 0.3) is 0 Å². The third-order valence-corrected chi connectivity index (χ3v) is 3.72. The number of nitriles is 1. The number of nitrogens with zero attached hydrogens (tertiary/aromatic N) is 1. The van der Waals surface area contributed by atoms with Crippen LogP contribution >= 0.6 is 0 Å². The first-order valence-electron chi connectivity index (χ1n) is 7.29. The smallest absolute Gasteiger partial charge is 0.209 e. The highest BCUT2D eigenvalue weighted by molar-refractivity contribution is 5.88. The van der Waals surface area contributed by atoms with Gasteiger partial charge in [0.05, 0.1) is 14.2 Å². The lowest BCUT2D eigenvalue weighted by Crippen LogP contribution is -1.89. The molecule has 0 aliphatic carbocycles. The van der Waals surface area contributed by atoms with Crippen LogP contribution in [0.5, 0.6) is 11.5 Å². The standard InChI is InChI=1S/C19H16N2O3/c1-22-14-8-13(9-15(10-14)23-2)18-17(12-6-4-3-5-7-12)16(11-20)19(21)24-18/h3-10H,21H2,1-2H3. The van der Waals surface area contributed by atoms with E-state index in [1.54, 1.807) is 20.3 Å². The molecule has 5 nitrogen and oxygen atoms in total. The van der Waals surface area contributed by atoms with Crippen molar-refractivity contribution in [2.24, 2.45) is 0 Å². The second-order valence-corrected chi connectivity index (χ2v) is 5.12. The summed E-state index contributed by atoms with van der Waals surface area (Å²) >= 11 is 0. The predicted octanol–water partition coefficient (Wildman–Crippen LogP) is 4.08. The summed E-state index contributed by atoms with van der Waals surface area (Å²) in [4.78, 5) is 0. The van der Waals surface area contributed by atoms with E-state index in [4.69, 9.17) is 19.6 Å². The van der Waals surface area contributed by atoms with E-state index in [1.807, 2.05) is 42.5 Å². The van der Waals surface area contributed by atoms with Gasteiger partial charge in [-0.3, -0.25) is 0 Å². The van der Waals surface area contributed by atoms with Crippen molar-refractivity contribution in [3.63, 3.8) is 0 Å². The normalized spacial score (nSPS) is 10.2. The van der Waals surface area contributed by atoms with E-state index in [2.05, 4.69) is 6.07 Å². The third-order valence-electron chi connectivity index (χ3n) is 3.72. The molecule has 1 aromatic heterocycles. The Morgan fingerprint density at radius 3 is 2.12 bits per heavy atom. The molecule has 0 aliphatic heterocycles. The monoisotopic (exact) mass is 320 g/mol. The SMILES string of the molecule is COc1cc(OC)cc(-c2oc(N)c(C#N)c2-c2ccccc2)c1. The van der Waals surface area contributed by atoms with Crippen LogP contribution in [-0.2, 0) is 0 Å². The van der Waals surface area contributed by atoms with Crippen LogP contribution in [0.3, 0.4) is 0 Å². The van der Waals surface area contributed by atoms with E-state index >= 15 is 0 Å². The summed E-state index contributed by atoms with van der Waals surface area (Å²) in [5.41, 5.74) is 8.47. The molecule has 0 aliphatic rings. The minimum Gasteiger partial charge on any atom is -0.497 e. The minimum atomic E-state index is 0.0909. The van der Waals surface area contributed by atoms with Gasteiger partial charge in [-0.2, -0.15) is 5.26 Å². The van der Waals surface area contributed by atoms with Crippen molar-refractivity contribution in [1.82, 2.24) is 0 Å². The summed E-state index contributed by atoms with van der Waals surface area (Å²) in [6.45, 7) is 0. The molecular weight excluding hydrogens is 304 g/mol. The summed E-state index contributed by atoms with van der Waals surface area (Å²) in [5, 5.41) is 9.48. The Bertz CT molecular complexity index is 886. The number of rotatable bonds is 4. The van der Waals surface area contributed by atoms with Crippen molar-refractivity contribution in [3.8, 4) is 40.0 Å². The van der Waals surface area contributed by atoms with Gasteiger partial charge >= 0.3 is 0 Å². The van der Waals surface area contributed by atoms with E-state index in [9.17, 15) is 5.26 Å². The first-order chi connectivity index (χ1) is 11.7. The Kier molecular flexibility index (Phi) is 4.13. The molecule has 0 spiro atoms. The Labute approximate surface area is 139 Å². The molecule has 0 amide bonds. The highest BCUT2D eigenvalue weighted by atomic mass is 16.5. The van der Waals surface area contributed by atoms with E-state index in [1.165, 1.54) is 0 Å². The molecule has 1 heterocycles. The number of hydrogen-bond donors (Lipinski definition) is 1. The Balaban J connectivity index is 2.28. The van der Waals surface area contributed by atoms with Crippen molar-refractivity contribution in [3.05, 3.63) is 54.1 Å². The van der Waals surface area contributed by atoms with Gasteiger partial charge in [0.2, 0.25) is 5.88 Å². The average Bonchev–Trinajstić information content (AvgIpc) is 2.98. The van der Waals surface area contributed by atoms with Crippen LogP contribution in [0.2, 0.25) is 0 Å². The van der Waals surface area contributed by atoms with Crippen molar-refractivity contribution < 1.29 is 13.9 Å². The van der Waals surface area contributed by atoms with Crippen molar-refractivity contribution in [2.75, 3.05) is 20.0 Å². The lowest BCUT2D eigenvalue weighted by atomic mass is 9.98. The third kappa shape index (κ3) is 2.66. The number of anilines is 1. The van der Waals surface area contributed by atoms with Crippen molar-refractivity contribution >= 4 is 5.88 Å². The number of furan rings is 1. The quantitative estimate of drug-likeness (QED) is 0.783. The molecule has 3 aromatic rings. The zero-order valence-electron chi connectivity index (χ0n) is 13.4. The molecule has 0 radical (unpaired) electrons. The van der Waals surface area contributed by atoms with Gasteiger partial charge in [-0.15, -0.1) is 0 Å². The first-order valence-corrected chi connectivity index (χ1v) is 7.29. The molecular formula is C19H16N2O3. The van der Waals surface area contributed by atoms with Gasteiger partial charge in [-0.05, 0) is 17.7 Å². The fraction of sp³-hybridized carbons (Fsp3) is 0.105. The molecule has 0 saturated carbocycles. The van der Waals surface area contributed by atoms with Crippen LogP contribution in [-0.4, -0.2) is 14.2 Å². The second kappa shape index (κ2) is 6.39. The minimum absolute atomic E-state index is 0.0909. The lowest BCUT2D eigenvalue weighted by molar-refractivity contribution is 0.394. The Morgan fingerprint density at radius 1 is 0.958 bits per heavy atom. The summed E-state index contributed by atoms with van der Waals surface area (Å²) in [6.07, 6.45) is 0. The molecule has 0 bridgehead atoms. The summed E-state index contributed by atoms with van der Waals surface area (Å²) < 4.78 is 16.3. The molecule has 120 valence electrons. The zero-order valence-corrected chi connectivity index (χ0v) is 13.4. The molecule has 2 N–H and O–H groups in total. The Morgan fingerprint density at radius 2 is 1.58 bits per heavy atom. The van der Waals surface area contributed by atoms with E-state index in [0.29, 0.717) is 28.4 Å². The zero-order chi connectivity index (χ0) is 17.1. The van der Waals surface area contributed by atoms with Gasteiger partial charge in [-0.1, -0.05) is 30.3 Å². The number of nitrogen functional groups attached to an aromatic ring is 1. The van der Waals surface area contributed by atoms with Crippen LogP contribution < -0.4 is 15.2 Å². The van der Waals surface area contributed by atoms with Gasteiger partial charge in [-0.25, -0.2) is 0 Å².